The van der Waals surface area contributed by atoms with Crippen molar-refractivity contribution in [3.8, 4) is 5.75 Å². The van der Waals surface area contributed by atoms with Gasteiger partial charge in [-0.15, -0.1) is 0 Å². The van der Waals surface area contributed by atoms with Gasteiger partial charge in [0.2, 0.25) is 11.7 Å². The Bertz CT molecular complexity index is 591. The average Bonchev–Trinajstić information content (AvgIpc) is 2.81. The highest BCUT2D eigenvalue weighted by molar-refractivity contribution is 5.31. The smallest absolute Gasteiger partial charge is 0.223 e. The summed E-state index contributed by atoms with van der Waals surface area (Å²) in [6, 6.07) is 2.72. The molecule has 0 spiro atoms. The first-order valence-corrected chi connectivity index (χ1v) is 6.59. The third-order valence-electron chi connectivity index (χ3n) is 2.69. The van der Waals surface area contributed by atoms with Crippen LogP contribution < -0.4 is 10.1 Å². The molecule has 0 bridgehead atoms. The van der Waals surface area contributed by atoms with E-state index in [0.29, 0.717) is 18.0 Å². The van der Waals surface area contributed by atoms with Crippen LogP contribution >= 0.6 is 0 Å². The molecule has 0 saturated carbocycles. The maximum Gasteiger partial charge on any atom is 0.223 e. The predicted molar refractivity (Wildman–Crippen MR) is 71.7 cm³/mol. The number of rotatable bonds is 6. The molecule has 0 fully saturated rings. The number of benzene rings is 1. The van der Waals surface area contributed by atoms with Crippen molar-refractivity contribution in [3.05, 3.63) is 41.0 Å². The van der Waals surface area contributed by atoms with Gasteiger partial charge in [0.05, 0.1) is 0 Å². The summed E-state index contributed by atoms with van der Waals surface area (Å²) >= 11 is 0. The second-order valence-electron chi connectivity index (χ2n) is 4.94. The molecule has 2 rings (SSSR count). The number of aryl methyl sites for hydroxylation is 1. The third-order valence-corrected chi connectivity index (χ3v) is 2.69. The van der Waals surface area contributed by atoms with Crippen LogP contribution in [0.15, 0.2) is 16.7 Å². The molecule has 21 heavy (non-hydrogen) atoms. The molecule has 1 heterocycles. The molecule has 1 N–H and O–H groups in total. The number of nitrogens with one attached hydrogen (secondary N) is 1. The topological polar surface area (TPSA) is 60.2 Å². The number of hydrogen-bond donors (Lipinski definition) is 1. The maximum atomic E-state index is 13.9. The summed E-state index contributed by atoms with van der Waals surface area (Å²) in [5.74, 6) is -1.35. The molecule has 0 aliphatic heterocycles. The van der Waals surface area contributed by atoms with Crippen molar-refractivity contribution in [1.29, 1.82) is 0 Å². The molecule has 1 aromatic heterocycles. The van der Waals surface area contributed by atoms with Crippen LogP contribution in [-0.2, 0) is 13.2 Å². The lowest BCUT2D eigenvalue weighted by Crippen LogP contribution is -2.22. The summed E-state index contributed by atoms with van der Waals surface area (Å²) in [7, 11) is 0. The van der Waals surface area contributed by atoms with Gasteiger partial charge in [-0.25, -0.2) is 8.78 Å². The van der Waals surface area contributed by atoms with Crippen molar-refractivity contribution in [3.63, 3.8) is 0 Å². The van der Waals surface area contributed by atoms with E-state index < -0.39 is 17.4 Å². The van der Waals surface area contributed by atoms with Gasteiger partial charge in [-0.05, 0) is 17.7 Å². The lowest BCUT2D eigenvalue weighted by molar-refractivity contribution is 0.259. The van der Waals surface area contributed by atoms with Crippen LogP contribution in [-0.4, -0.2) is 16.2 Å². The molecular weight excluding hydrogens is 280 g/mol. The number of aromatic nitrogens is 2. The van der Waals surface area contributed by atoms with Crippen molar-refractivity contribution < 1.29 is 18.0 Å². The van der Waals surface area contributed by atoms with Crippen molar-refractivity contribution >= 4 is 0 Å². The minimum absolute atomic E-state index is 0.158. The van der Waals surface area contributed by atoms with Gasteiger partial charge in [-0.2, -0.15) is 4.98 Å². The van der Waals surface area contributed by atoms with E-state index >= 15 is 0 Å². The number of ether oxygens (including phenoxy) is 1. The Morgan fingerprint density at radius 1 is 1.29 bits per heavy atom. The Balaban J connectivity index is 2.06. The summed E-state index contributed by atoms with van der Waals surface area (Å²) in [5, 5.41) is 6.68. The molecule has 7 heteroatoms. The fourth-order valence-electron chi connectivity index (χ4n) is 1.71. The normalized spacial score (nSPS) is 11.1. The molecule has 5 nitrogen and oxygen atoms in total. The molecule has 0 radical (unpaired) electrons. The first-order valence-electron chi connectivity index (χ1n) is 6.59. The Kier molecular flexibility index (Phi) is 4.85. The van der Waals surface area contributed by atoms with Gasteiger partial charge in [-0.3, -0.25) is 0 Å². The molecule has 0 aliphatic carbocycles. The van der Waals surface area contributed by atoms with Crippen LogP contribution in [0.25, 0.3) is 0 Å². The first-order chi connectivity index (χ1) is 9.95. The van der Waals surface area contributed by atoms with Gasteiger partial charge in [0.15, 0.2) is 24.0 Å². The van der Waals surface area contributed by atoms with E-state index in [9.17, 15) is 8.78 Å². The van der Waals surface area contributed by atoms with Crippen molar-refractivity contribution in [2.45, 2.75) is 40.0 Å². The molecular formula is C14H17F2N3O2. The zero-order valence-electron chi connectivity index (χ0n) is 12.1. The van der Waals surface area contributed by atoms with Crippen LogP contribution in [0, 0.1) is 18.6 Å². The lowest BCUT2D eigenvalue weighted by atomic mass is 10.2. The Hall–Kier alpha value is -2.02. The first kappa shape index (κ1) is 15.4. The number of halogens is 2. The van der Waals surface area contributed by atoms with E-state index in [1.54, 1.807) is 6.92 Å². The predicted octanol–water partition coefficient (Wildman–Crippen LogP) is 2.73. The number of nitrogens with zero attached hydrogens (tertiary/aromatic N) is 2. The van der Waals surface area contributed by atoms with Crippen LogP contribution in [0.4, 0.5) is 8.78 Å². The minimum Gasteiger partial charge on any atom is -0.479 e. The van der Waals surface area contributed by atoms with Gasteiger partial charge in [0.25, 0.3) is 0 Å². The molecule has 0 atom stereocenters. The largest absolute Gasteiger partial charge is 0.479 e. The highest BCUT2D eigenvalue weighted by atomic mass is 19.1. The van der Waals surface area contributed by atoms with E-state index in [4.69, 9.17) is 9.26 Å². The number of hydrogen-bond acceptors (Lipinski definition) is 5. The highest BCUT2D eigenvalue weighted by Crippen LogP contribution is 2.24. The van der Waals surface area contributed by atoms with Gasteiger partial charge >= 0.3 is 0 Å². The van der Waals surface area contributed by atoms with E-state index in [-0.39, 0.29) is 18.5 Å². The fraction of sp³-hybridized carbons (Fsp3) is 0.429. The van der Waals surface area contributed by atoms with Gasteiger partial charge in [-0.1, -0.05) is 19.0 Å². The third kappa shape index (κ3) is 4.22. The van der Waals surface area contributed by atoms with Crippen molar-refractivity contribution in [2.75, 3.05) is 0 Å². The maximum absolute atomic E-state index is 13.9. The van der Waals surface area contributed by atoms with E-state index in [2.05, 4.69) is 15.5 Å². The quantitative estimate of drug-likeness (QED) is 0.888. The molecule has 0 saturated heterocycles. The molecule has 0 amide bonds. The zero-order chi connectivity index (χ0) is 15.4. The summed E-state index contributed by atoms with van der Waals surface area (Å²) in [4.78, 5) is 3.89. The van der Waals surface area contributed by atoms with Gasteiger partial charge < -0.3 is 14.6 Å². The monoisotopic (exact) mass is 297 g/mol. The fourth-order valence-corrected chi connectivity index (χ4v) is 1.71. The standard InChI is InChI=1S/C14H17F2N3O2/c1-8(2)17-6-10-4-11(15)14(12(16)5-10)20-7-13-18-9(3)21-19-13/h4-5,8,17H,6-7H2,1-3H3. The molecule has 0 aliphatic rings. The van der Waals surface area contributed by atoms with Crippen LogP contribution in [0.3, 0.4) is 0 Å². The zero-order valence-corrected chi connectivity index (χ0v) is 12.1. The summed E-state index contributed by atoms with van der Waals surface area (Å²) in [5.41, 5.74) is 0.515. The summed E-state index contributed by atoms with van der Waals surface area (Å²) in [6.07, 6.45) is 0. The molecule has 1 aromatic carbocycles. The lowest BCUT2D eigenvalue weighted by Gasteiger charge is -2.11. The molecule has 2 aromatic rings. The van der Waals surface area contributed by atoms with Crippen molar-refractivity contribution in [1.82, 2.24) is 15.5 Å². The minimum atomic E-state index is -0.754. The SMILES string of the molecule is Cc1nc(COc2c(F)cc(CNC(C)C)cc2F)no1. The average molecular weight is 297 g/mol. The second kappa shape index (κ2) is 6.62. The summed E-state index contributed by atoms with van der Waals surface area (Å²) in [6.45, 7) is 5.76. The molecule has 114 valence electrons. The Morgan fingerprint density at radius 3 is 2.48 bits per heavy atom. The van der Waals surface area contributed by atoms with E-state index in [1.165, 1.54) is 12.1 Å². The van der Waals surface area contributed by atoms with E-state index in [0.717, 1.165) is 0 Å². The van der Waals surface area contributed by atoms with Crippen LogP contribution in [0.5, 0.6) is 5.75 Å². The van der Waals surface area contributed by atoms with Crippen LogP contribution in [0.1, 0.15) is 31.1 Å². The van der Waals surface area contributed by atoms with Crippen LogP contribution in [0.2, 0.25) is 0 Å². The van der Waals surface area contributed by atoms with Crippen molar-refractivity contribution in [2.24, 2.45) is 0 Å². The summed E-state index contributed by atoms with van der Waals surface area (Å²) < 4.78 is 37.6. The molecule has 0 unspecified atom stereocenters. The highest BCUT2D eigenvalue weighted by Gasteiger charge is 2.14. The van der Waals surface area contributed by atoms with Gasteiger partial charge in [0, 0.05) is 19.5 Å². The van der Waals surface area contributed by atoms with Gasteiger partial charge in [0.1, 0.15) is 0 Å². The second-order valence-corrected chi connectivity index (χ2v) is 4.94. The Labute approximate surface area is 121 Å². The Morgan fingerprint density at radius 2 is 1.95 bits per heavy atom. The van der Waals surface area contributed by atoms with E-state index in [1.807, 2.05) is 13.8 Å².